The van der Waals surface area contributed by atoms with Crippen LogP contribution in [0.25, 0.3) is 0 Å². The van der Waals surface area contributed by atoms with Crippen LogP contribution in [0.3, 0.4) is 0 Å². The zero-order valence-corrected chi connectivity index (χ0v) is 16.0. The Hall–Kier alpha value is -2.83. The molecule has 2 atom stereocenters. The third kappa shape index (κ3) is 3.15. The van der Waals surface area contributed by atoms with E-state index in [-0.39, 0.29) is 17.0 Å². The number of carbonyl (C=O) groups excluding carboxylic acids is 2. The van der Waals surface area contributed by atoms with Crippen molar-refractivity contribution in [3.8, 4) is 0 Å². The number of thioether (sulfide) groups is 1. The summed E-state index contributed by atoms with van der Waals surface area (Å²) in [5.41, 5.74) is 8.55. The van der Waals surface area contributed by atoms with Crippen LogP contribution in [0, 0.1) is 0 Å². The Morgan fingerprint density at radius 2 is 1.71 bits per heavy atom. The van der Waals surface area contributed by atoms with Gasteiger partial charge in [-0.3, -0.25) is 9.69 Å². The highest BCUT2D eigenvalue weighted by molar-refractivity contribution is 8.00. The molecule has 0 radical (unpaired) electrons. The molecule has 142 valence electrons. The van der Waals surface area contributed by atoms with Gasteiger partial charge in [0.25, 0.3) is 0 Å². The molecular formula is C22H20N2O3S. The van der Waals surface area contributed by atoms with Crippen molar-refractivity contribution in [2.24, 2.45) is 5.73 Å². The van der Waals surface area contributed by atoms with Gasteiger partial charge in [0.15, 0.2) is 6.10 Å². The number of carbonyl (C=O) groups is 2. The van der Waals surface area contributed by atoms with Crippen molar-refractivity contribution in [3.63, 3.8) is 0 Å². The number of rotatable bonds is 5. The van der Waals surface area contributed by atoms with Gasteiger partial charge >= 0.3 is 5.97 Å². The Kier molecular flexibility index (Phi) is 5.07. The number of amides is 1. The lowest BCUT2D eigenvalue weighted by Crippen LogP contribution is -2.68. The third-order valence-corrected chi connectivity index (χ3v) is 6.23. The number of fused-ring (bicyclic) bond motifs is 1. The zero-order chi connectivity index (χ0) is 19.7. The van der Waals surface area contributed by atoms with Crippen LogP contribution in [0.4, 0.5) is 0 Å². The van der Waals surface area contributed by atoms with Crippen LogP contribution in [0.5, 0.6) is 0 Å². The van der Waals surface area contributed by atoms with Gasteiger partial charge < -0.3 is 10.5 Å². The molecule has 1 fully saturated rings. The second-order valence-corrected chi connectivity index (χ2v) is 7.73. The Morgan fingerprint density at radius 3 is 2.25 bits per heavy atom. The first-order valence-electron chi connectivity index (χ1n) is 8.98. The highest BCUT2D eigenvalue weighted by atomic mass is 32.2. The van der Waals surface area contributed by atoms with E-state index in [2.05, 4.69) is 6.58 Å². The SMILES string of the molecule is C=CC1=C(C(=O)OC(c2ccccc2)c2ccccc2)N2C(=O)C(N)[C@@H]2SC1. The average molecular weight is 392 g/mol. The molecule has 2 aliphatic rings. The van der Waals surface area contributed by atoms with E-state index < -0.39 is 18.1 Å². The second-order valence-electron chi connectivity index (χ2n) is 6.62. The lowest BCUT2D eigenvalue weighted by atomic mass is 10.0. The molecule has 0 aliphatic carbocycles. The smallest absolute Gasteiger partial charge is 0.356 e. The fourth-order valence-corrected chi connectivity index (χ4v) is 4.72. The summed E-state index contributed by atoms with van der Waals surface area (Å²) in [6, 6.07) is 18.5. The maximum Gasteiger partial charge on any atom is 0.356 e. The van der Waals surface area contributed by atoms with Gasteiger partial charge in [0, 0.05) is 5.75 Å². The van der Waals surface area contributed by atoms with Crippen molar-refractivity contribution in [1.82, 2.24) is 4.90 Å². The standard InChI is InChI=1S/C22H20N2O3S/c1-2-14-13-28-21-17(23)20(25)24(21)18(14)22(26)27-19(15-9-5-3-6-10-15)16-11-7-4-8-12-16/h2-12,17,19,21H,1,13,23H2/t17?,21-/m0/s1. The van der Waals surface area contributed by atoms with Gasteiger partial charge in [0.2, 0.25) is 5.91 Å². The van der Waals surface area contributed by atoms with Gasteiger partial charge in [0.05, 0.1) is 0 Å². The molecule has 2 N–H and O–H groups in total. The molecule has 28 heavy (non-hydrogen) atoms. The summed E-state index contributed by atoms with van der Waals surface area (Å²) < 4.78 is 5.94. The van der Waals surface area contributed by atoms with Crippen LogP contribution < -0.4 is 5.73 Å². The minimum absolute atomic E-state index is 0.231. The molecule has 0 aromatic heterocycles. The summed E-state index contributed by atoms with van der Waals surface area (Å²) in [7, 11) is 0. The van der Waals surface area contributed by atoms with E-state index in [4.69, 9.17) is 10.5 Å². The van der Waals surface area contributed by atoms with Gasteiger partial charge in [-0.25, -0.2) is 4.79 Å². The normalized spacial score (nSPS) is 21.2. The number of benzene rings is 2. The van der Waals surface area contributed by atoms with Gasteiger partial charge in [0.1, 0.15) is 17.1 Å². The van der Waals surface area contributed by atoms with E-state index in [1.807, 2.05) is 60.7 Å². The molecule has 4 rings (SSSR count). The summed E-state index contributed by atoms with van der Waals surface area (Å²) in [4.78, 5) is 27.0. The topological polar surface area (TPSA) is 72.6 Å². The number of nitrogens with zero attached hydrogens (tertiary/aromatic N) is 1. The van der Waals surface area contributed by atoms with Crippen molar-refractivity contribution in [1.29, 1.82) is 0 Å². The fourth-order valence-electron chi connectivity index (χ4n) is 3.43. The maximum absolute atomic E-state index is 13.2. The number of allylic oxidation sites excluding steroid dienone is 1. The van der Waals surface area contributed by atoms with Crippen LogP contribution in [-0.2, 0) is 14.3 Å². The van der Waals surface area contributed by atoms with Crippen molar-refractivity contribution < 1.29 is 14.3 Å². The summed E-state index contributed by atoms with van der Waals surface area (Å²) in [6.07, 6.45) is 1.03. The van der Waals surface area contributed by atoms with Crippen LogP contribution in [0.1, 0.15) is 17.2 Å². The van der Waals surface area contributed by atoms with Gasteiger partial charge in [-0.2, -0.15) is 0 Å². The van der Waals surface area contributed by atoms with Gasteiger partial charge in [-0.05, 0) is 16.7 Å². The summed E-state index contributed by atoms with van der Waals surface area (Å²) in [5, 5.41) is -0.231. The van der Waals surface area contributed by atoms with Crippen molar-refractivity contribution >= 4 is 23.6 Å². The monoisotopic (exact) mass is 392 g/mol. The number of esters is 1. The zero-order valence-electron chi connectivity index (χ0n) is 15.2. The Labute approximate surface area is 167 Å². The van der Waals surface area contributed by atoms with Gasteiger partial charge in [-0.1, -0.05) is 73.3 Å². The first-order valence-corrected chi connectivity index (χ1v) is 10.0. The first-order chi connectivity index (χ1) is 13.6. The fraction of sp³-hybridized carbons (Fsp3) is 0.182. The van der Waals surface area contributed by atoms with E-state index in [1.54, 1.807) is 6.08 Å². The molecule has 5 nitrogen and oxygen atoms in total. The van der Waals surface area contributed by atoms with Crippen molar-refractivity contribution in [2.75, 3.05) is 5.75 Å². The number of β-lactam (4-membered cyclic amide) rings is 1. The van der Waals surface area contributed by atoms with Crippen LogP contribution in [0.15, 0.2) is 84.6 Å². The molecular weight excluding hydrogens is 372 g/mol. The predicted molar refractivity (Wildman–Crippen MR) is 109 cm³/mol. The van der Waals surface area contributed by atoms with Crippen molar-refractivity contribution in [3.05, 3.63) is 95.7 Å². The molecule has 2 aromatic carbocycles. The molecule has 2 aliphatic heterocycles. The number of nitrogens with two attached hydrogens (primary N) is 1. The van der Waals surface area contributed by atoms with Crippen LogP contribution in [-0.4, -0.2) is 33.9 Å². The first kappa shape index (κ1) is 18.5. The third-order valence-electron chi connectivity index (χ3n) is 4.91. The van der Waals surface area contributed by atoms with Gasteiger partial charge in [-0.15, -0.1) is 11.8 Å². The Balaban J connectivity index is 1.69. The van der Waals surface area contributed by atoms with Crippen LogP contribution >= 0.6 is 11.8 Å². The highest BCUT2D eigenvalue weighted by Crippen LogP contribution is 2.40. The van der Waals surface area contributed by atoms with E-state index in [0.29, 0.717) is 11.3 Å². The lowest BCUT2D eigenvalue weighted by molar-refractivity contribution is -0.153. The molecule has 1 saturated heterocycles. The second kappa shape index (κ2) is 7.66. The van der Waals surface area contributed by atoms with E-state index in [9.17, 15) is 9.59 Å². The maximum atomic E-state index is 13.2. The highest BCUT2D eigenvalue weighted by Gasteiger charge is 2.52. The molecule has 6 heteroatoms. The number of ether oxygens (including phenoxy) is 1. The summed E-state index contributed by atoms with van der Waals surface area (Å²) >= 11 is 1.53. The summed E-state index contributed by atoms with van der Waals surface area (Å²) in [5.74, 6) is -0.241. The quantitative estimate of drug-likeness (QED) is 0.626. The minimum Gasteiger partial charge on any atom is -0.448 e. The molecule has 0 bridgehead atoms. The Morgan fingerprint density at radius 1 is 1.14 bits per heavy atom. The molecule has 1 unspecified atom stereocenters. The predicted octanol–water partition coefficient (Wildman–Crippen LogP) is 3.00. The summed E-state index contributed by atoms with van der Waals surface area (Å²) in [6.45, 7) is 3.79. The molecule has 0 spiro atoms. The van der Waals surface area contributed by atoms with Crippen LogP contribution in [0.2, 0.25) is 0 Å². The molecule has 1 amide bonds. The Bertz CT molecular complexity index is 903. The number of hydrogen-bond acceptors (Lipinski definition) is 5. The largest absolute Gasteiger partial charge is 0.448 e. The number of hydrogen-bond donors (Lipinski definition) is 1. The van der Waals surface area contributed by atoms with E-state index in [1.165, 1.54) is 16.7 Å². The molecule has 2 heterocycles. The molecule has 2 aromatic rings. The van der Waals surface area contributed by atoms with Crippen molar-refractivity contribution in [2.45, 2.75) is 17.5 Å². The molecule has 0 saturated carbocycles. The minimum atomic E-state index is -0.585. The lowest BCUT2D eigenvalue weighted by Gasteiger charge is -2.48. The van der Waals surface area contributed by atoms with E-state index in [0.717, 1.165) is 11.1 Å². The van der Waals surface area contributed by atoms with E-state index >= 15 is 0 Å². The average Bonchev–Trinajstić information content (AvgIpc) is 2.76.